The first-order valence-electron chi connectivity index (χ1n) is 12.3. The Kier molecular flexibility index (Phi) is 8.76. The molecule has 0 heterocycles. The average molecular weight is 604 g/mol. The van der Waals surface area contributed by atoms with Crippen LogP contribution in [0.2, 0.25) is 0 Å². The van der Waals surface area contributed by atoms with Gasteiger partial charge in [-0.15, -0.1) is 0 Å². The van der Waals surface area contributed by atoms with E-state index in [4.69, 9.17) is 4.55 Å². The Labute approximate surface area is 234 Å². The topological polar surface area (TPSA) is 63.6 Å². The molecule has 0 fully saturated rings. The number of rotatable bonds is 7. The van der Waals surface area contributed by atoms with Crippen LogP contribution in [0.5, 0.6) is 5.75 Å². The summed E-state index contributed by atoms with van der Waals surface area (Å²) in [5.74, 6) is -0.635. The monoisotopic (exact) mass is 603 g/mol. The van der Waals surface area contributed by atoms with Crippen LogP contribution in [-0.2, 0) is 31.8 Å². The van der Waals surface area contributed by atoms with E-state index in [1.54, 1.807) is 0 Å². The van der Waals surface area contributed by atoms with Crippen molar-refractivity contribution >= 4 is 21.0 Å². The molecule has 11 heteroatoms. The van der Waals surface area contributed by atoms with Gasteiger partial charge in [-0.2, -0.15) is 30.4 Å². The smallest absolute Gasteiger partial charge is 0.432 e. The van der Waals surface area contributed by atoms with Crippen LogP contribution in [0.3, 0.4) is 0 Å². The van der Waals surface area contributed by atoms with Gasteiger partial charge in [0, 0.05) is 0 Å². The summed E-state index contributed by atoms with van der Waals surface area (Å²) in [7, 11) is -7.12. The lowest BCUT2D eigenvalue weighted by Gasteiger charge is -2.27. The van der Waals surface area contributed by atoms with Gasteiger partial charge in [0.05, 0.1) is 10.9 Å². The maximum absolute atomic E-state index is 14.0. The minimum absolute atomic E-state index is 0.0797. The fourth-order valence-corrected chi connectivity index (χ4v) is 6.34. The van der Waals surface area contributed by atoms with Crippen molar-refractivity contribution < 1.29 is 39.7 Å². The minimum Gasteiger partial charge on any atom is -0.473 e. The van der Waals surface area contributed by atoms with E-state index in [-0.39, 0.29) is 10.8 Å². The second-order valence-electron chi connectivity index (χ2n) is 11.4. The highest BCUT2D eigenvalue weighted by atomic mass is 32.2. The molecule has 1 atom stereocenters. The zero-order valence-corrected chi connectivity index (χ0v) is 24.5. The van der Waals surface area contributed by atoms with Crippen molar-refractivity contribution in [2.75, 3.05) is 0 Å². The summed E-state index contributed by atoms with van der Waals surface area (Å²) in [6, 6.07) is 21.0. The molecule has 3 rings (SSSR count). The van der Waals surface area contributed by atoms with Crippen molar-refractivity contribution in [3.8, 4) is 5.75 Å². The van der Waals surface area contributed by atoms with Crippen LogP contribution < -0.4 is 4.74 Å². The summed E-state index contributed by atoms with van der Waals surface area (Å²) in [4.78, 5) is 2.52. The normalized spacial score (nSPS) is 14.3. The van der Waals surface area contributed by atoms with E-state index < -0.39 is 44.3 Å². The van der Waals surface area contributed by atoms with Gasteiger partial charge in [-0.3, -0.25) is 4.55 Å². The highest BCUT2D eigenvalue weighted by molar-refractivity contribution is 7.97. The average Bonchev–Trinajstić information content (AvgIpc) is 2.81. The Hall–Kier alpha value is -2.63. The SMILES string of the molecule is CC(C)(C)c1ccc([S+](c2ccc(OC(C(F)(F)F)C(F)(F)S(=O)(=O)O)cc2)c2ccc(C(C)(C)C)cc2)cc1. The lowest BCUT2D eigenvalue weighted by molar-refractivity contribution is -0.239. The molecular formula is C29H32F5O4S2+. The van der Waals surface area contributed by atoms with E-state index in [0.717, 1.165) is 33.1 Å². The number of hydrogen-bond donors (Lipinski definition) is 1. The van der Waals surface area contributed by atoms with E-state index >= 15 is 0 Å². The van der Waals surface area contributed by atoms with Crippen LogP contribution in [0, 0.1) is 0 Å². The molecule has 4 nitrogen and oxygen atoms in total. The van der Waals surface area contributed by atoms with Crippen LogP contribution in [0.1, 0.15) is 52.7 Å². The van der Waals surface area contributed by atoms with Crippen LogP contribution >= 0.6 is 0 Å². The molecule has 0 radical (unpaired) electrons. The largest absolute Gasteiger partial charge is 0.473 e. The Morgan fingerprint density at radius 1 is 0.650 bits per heavy atom. The fraction of sp³-hybridized carbons (Fsp3) is 0.379. The van der Waals surface area contributed by atoms with Gasteiger partial charge in [0.15, 0.2) is 14.7 Å². The van der Waals surface area contributed by atoms with E-state index in [1.807, 2.05) is 48.5 Å². The molecular weight excluding hydrogens is 571 g/mol. The van der Waals surface area contributed by atoms with Gasteiger partial charge in [0.1, 0.15) is 5.75 Å². The van der Waals surface area contributed by atoms with Gasteiger partial charge in [0.25, 0.3) is 6.10 Å². The Bertz CT molecular complexity index is 1350. The van der Waals surface area contributed by atoms with E-state index in [0.29, 0.717) is 4.90 Å². The third-order valence-corrected chi connectivity index (χ3v) is 9.30. The molecule has 1 unspecified atom stereocenters. The zero-order valence-electron chi connectivity index (χ0n) is 22.9. The summed E-state index contributed by atoms with van der Waals surface area (Å²) >= 11 is 0. The Morgan fingerprint density at radius 3 is 1.25 bits per heavy atom. The van der Waals surface area contributed by atoms with Gasteiger partial charge in [-0.25, -0.2) is 0 Å². The van der Waals surface area contributed by atoms with Gasteiger partial charge >= 0.3 is 21.5 Å². The molecule has 0 aliphatic carbocycles. The maximum Gasteiger partial charge on any atom is 0.432 e. The summed E-state index contributed by atoms with van der Waals surface area (Å²) in [6.07, 6.45) is -9.89. The molecule has 3 aromatic carbocycles. The van der Waals surface area contributed by atoms with Gasteiger partial charge in [0.2, 0.25) is 0 Å². The van der Waals surface area contributed by atoms with Crippen molar-refractivity contribution in [2.24, 2.45) is 0 Å². The predicted octanol–water partition coefficient (Wildman–Crippen LogP) is 8.17. The summed E-state index contributed by atoms with van der Waals surface area (Å²) < 4.78 is 103. The molecule has 3 aromatic rings. The first-order chi connectivity index (χ1) is 18.1. The van der Waals surface area contributed by atoms with Crippen molar-refractivity contribution in [1.29, 1.82) is 0 Å². The molecule has 0 aliphatic rings. The summed E-state index contributed by atoms with van der Waals surface area (Å²) in [6.45, 7) is 12.5. The standard InChI is InChI=1S/C29H31F5O4S2/c1-26(2,3)19-7-13-22(14-8-19)39(23-15-9-20(10-16-23)27(4,5)6)24-17-11-21(12-18-24)38-25(28(30,31)32)29(33,34)40(35,36)37/h7-18,25H,1-6H3/p+1. The van der Waals surface area contributed by atoms with E-state index in [2.05, 4.69) is 46.3 Å². The van der Waals surface area contributed by atoms with Crippen LogP contribution in [0.25, 0.3) is 0 Å². The van der Waals surface area contributed by atoms with Crippen LogP contribution in [0.4, 0.5) is 22.0 Å². The first-order valence-corrected chi connectivity index (χ1v) is 14.9. The number of halogens is 5. The highest BCUT2D eigenvalue weighted by Gasteiger charge is 2.65. The Balaban J connectivity index is 2.05. The number of hydrogen-bond acceptors (Lipinski definition) is 3. The van der Waals surface area contributed by atoms with Gasteiger partial charge in [-0.1, -0.05) is 65.8 Å². The molecule has 0 saturated heterocycles. The molecule has 0 spiro atoms. The molecule has 0 saturated carbocycles. The number of ether oxygens (including phenoxy) is 1. The summed E-state index contributed by atoms with van der Waals surface area (Å²) in [5.41, 5.74) is 2.07. The van der Waals surface area contributed by atoms with Crippen molar-refractivity contribution in [3.05, 3.63) is 83.9 Å². The third-order valence-electron chi connectivity index (χ3n) is 6.17. The quantitative estimate of drug-likeness (QED) is 0.168. The lowest BCUT2D eigenvalue weighted by atomic mass is 9.87. The summed E-state index contributed by atoms with van der Waals surface area (Å²) in [5, 5.41) is -5.61. The molecule has 0 aromatic heterocycles. The Morgan fingerprint density at radius 2 is 0.975 bits per heavy atom. The highest BCUT2D eigenvalue weighted by Crippen LogP contribution is 2.40. The second-order valence-corrected chi connectivity index (χ2v) is 14.9. The first kappa shape index (κ1) is 31.9. The molecule has 1 N–H and O–H groups in total. The number of alkyl halides is 5. The van der Waals surface area contributed by atoms with Crippen molar-refractivity contribution in [1.82, 2.24) is 0 Å². The molecule has 218 valence electrons. The van der Waals surface area contributed by atoms with E-state index in [9.17, 15) is 30.4 Å². The molecule has 0 aliphatic heterocycles. The minimum atomic E-state index is -6.40. The lowest BCUT2D eigenvalue weighted by Crippen LogP contribution is -2.53. The molecule has 0 bridgehead atoms. The zero-order chi connectivity index (χ0) is 30.3. The van der Waals surface area contributed by atoms with E-state index in [1.165, 1.54) is 12.1 Å². The number of benzene rings is 3. The molecule has 0 amide bonds. The van der Waals surface area contributed by atoms with Crippen molar-refractivity contribution in [3.63, 3.8) is 0 Å². The predicted molar refractivity (Wildman–Crippen MR) is 146 cm³/mol. The van der Waals surface area contributed by atoms with Gasteiger partial charge in [-0.05, 0) is 70.5 Å². The maximum atomic E-state index is 14.0. The third kappa shape index (κ3) is 7.16. The van der Waals surface area contributed by atoms with Crippen LogP contribution in [-0.4, -0.2) is 30.5 Å². The van der Waals surface area contributed by atoms with Crippen molar-refractivity contribution in [2.45, 2.75) is 84.6 Å². The second kappa shape index (κ2) is 11.0. The van der Waals surface area contributed by atoms with Crippen LogP contribution in [0.15, 0.2) is 87.5 Å². The molecule has 40 heavy (non-hydrogen) atoms. The fourth-order valence-electron chi connectivity index (χ4n) is 3.84. The van der Waals surface area contributed by atoms with Gasteiger partial charge < -0.3 is 4.74 Å².